The molecule has 0 saturated heterocycles. The summed E-state index contributed by atoms with van der Waals surface area (Å²) in [4.78, 5) is 12.9. The molecule has 0 heterocycles. The Morgan fingerprint density at radius 2 is 2.12 bits per heavy atom. The quantitative estimate of drug-likeness (QED) is 0.698. The fourth-order valence-electron chi connectivity index (χ4n) is 1.67. The Morgan fingerprint density at radius 1 is 1.47 bits per heavy atom. The van der Waals surface area contributed by atoms with Gasteiger partial charge in [-0.15, -0.1) is 0 Å². The molecule has 0 aliphatic carbocycles. The molecule has 0 fully saturated rings. The average Bonchev–Trinajstić information content (AvgIpc) is 2.22. The topological polar surface area (TPSA) is 86.8 Å². The predicted octanol–water partition coefficient (Wildman–Crippen LogP) is 0.581. The Bertz CT molecular complexity index is 405. The number of hydrogen-bond donors (Lipinski definition) is 3. The van der Waals surface area contributed by atoms with Gasteiger partial charge in [0.25, 0.3) is 0 Å². The number of nitrogens with two attached hydrogens (primary N) is 1. The first-order valence-corrected chi connectivity index (χ1v) is 5.35. The number of phenols is 1. The standard InChI is InChI=1S/C12H18N2O3/c1-14(2)7-9-5-8(3-4-11(9)15)10(6-13)12(16)17/h3-5,10,15H,6-7,13H2,1-2H3,(H,16,17). The van der Waals surface area contributed by atoms with E-state index in [0.29, 0.717) is 17.7 Å². The van der Waals surface area contributed by atoms with Crippen molar-refractivity contribution >= 4 is 5.97 Å². The highest BCUT2D eigenvalue weighted by Gasteiger charge is 2.19. The Hall–Kier alpha value is -1.59. The first kappa shape index (κ1) is 13.5. The molecule has 0 bridgehead atoms. The molecule has 0 aliphatic rings. The molecule has 0 aliphatic heterocycles. The van der Waals surface area contributed by atoms with Gasteiger partial charge in [-0.2, -0.15) is 0 Å². The third kappa shape index (κ3) is 3.44. The van der Waals surface area contributed by atoms with Gasteiger partial charge in [-0.05, 0) is 31.8 Å². The predicted molar refractivity (Wildman–Crippen MR) is 64.9 cm³/mol. The molecule has 1 aromatic carbocycles. The SMILES string of the molecule is CN(C)Cc1cc(C(CN)C(=O)O)ccc1O. The minimum Gasteiger partial charge on any atom is -0.508 e. The Kier molecular flexibility index (Phi) is 4.48. The molecule has 0 amide bonds. The van der Waals surface area contributed by atoms with E-state index in [-0.39, 0.29) is 12.3 Å². The highest BCUT2D eigenvalue weighted by Crippen LogP contribution is 2.24. The maximum atomic E-state index is 11.0. The summed E-state index contributed by atoms with van der Waals surface area (Å²) >= 11 is 0. The summed E-state index contributed by atoms with van der Waals surface area (Å²) in [6.07, 6.45) is 0. The summed E-state index contributed by atoms with van der Waals surface area (Å²) in [7, 11) is 3.76. The van der Waals surface area contributed by atoms with E-state index < -0.39 is 11.9 Å². The highest BCUT2D eigenvalue weighted by atomic mass is 16.4. The van der Waals surface area contributed by atoms with Gasteiger partial charge in [0.1, 0.15) is 5.75 Å². The summed E-state index contributed by atoms with van der Waals surface area (Å²) in [5.74, 6) is -1.51. The van der Waals surface area contributed by atoms with E-state index in [9.17, 15) is 9.90 Å². The first-order valence-electron chi connectivity index (χ1n) is 5.35. The van der Waals surface area contributed by atoms with Crippen LogP contribution in [0.2, 0.25) is 0 Å². The van der Waals surface area contributed by atoms with Crippen LogP contribution in [0.3, 0.4) is 0 Å². The van der Waals surface area contributed by atoms with Crippen molar-refractivity contribution < 1.29 is 15.0 Å². The van der Waals surface area contributed by atoms with Crippen molar-refractivity contribution in [3.8, 4) is 5.75 Å². The number of nitrogens with zero attached hydrogens (tertiary/aromatic N) is 1. The summed E-state index contributed by atoms with van der Waals surface area (Å²) in [5.41, 5.74) is 6.76. The number of carbonyl (C=O) groups is 1. The van der Waals surface area contributed by atoms with Crippen LogP contribution in [0.15, 0.2) is 18.2 Å². The Labute approximate surface area is 100 Å². The largest absolute Gasteiger partial charge is 0.508 e. The van der Waals surface area contributed by atoms with E-state index in [2.05, 4.69) is 0 Å². The van der Waals surface area contributed by atoms with E-state index in [1.807, 2.05) is 19.0 Å². The maximum absolute atomic E-state index is 11.0. The lowest BCUT2D eigenvalue weighted by molar-refractivity contribution is -0.138. The third-order valence-corrected chi connectivity index (χ3v) is 2.53. The number of hydrogen-bond acceptors (Lipinski definition) is 4. The van der Waals surface area contributed by atoms with Crippen LogP contribution in [0, 0.1) is 0 Å². The van der Waals surface area contributed by atoms with Crippen LogP contribution in [0.5, 0.6) is 5.75 Å². The number of rotatable bonds is 5. The van der Waals surface area contributed by atoms with E-state index in [1.54, 1.807) is 12.1 Å². The molecule has 5 nitrogen and oxygen atoms in total. The third-order valence-electron chi connectivity index (χ3n) is 2.53. The first-order chi connectivity index (χ1) is 7.95. The van der Waals surface area contributed by atoms with Crippen molar-refractivity contribution in [2.75, 3.05) is 20.6 Å². The normalized spacial score (nSPS) is 12.7. The molecule has 17 heavy (non-hydrogen) atoms. The summed E-state index contributed by atoms with van der Waals surface area (Å²) in [5, 5.41) is 18.7. The second-order valence-corrected chi connectivity index (χ2v) is 4.25. The molecule has 1 atom stereocenters. The lowest BCUT2D eigenvalue weighted by atomic mass is 9.97. The van der Waals surface area contributed by atoms with Crippen LogP contribution >= 0.6 is 0 Å². The molecule has 0 saturated carbocycles. The van der Waals surface area contributed by atoms with Crippen LogP contribution in [0.1, 0.15) is 17.0 Å². The van der Waals surface area contributed by atoms with Crippen molar-refractivity contribution in [1.29, 1.82) is 0 Å². The van der Waals surface area contributed by atoms with Gasteiger partial charge in [0, 0.05) is 18.7 Å². The maximum Gasteiger partial charge on any atom is 0.312 e. The van der Waals surface area contributed by atoms with Crippen molar-refractivity contribution in [1.82, 2.24) is 4.90 Å². The molecule has 0 aromatic heterocycles. The molecule has 0 spiro atoms. The van der Waals surface area contributed by atoms with Gasteiger partial charge >= 0.3 is 5.97 Å². The summed E-state index contributed by atoms with van der Waals surface area (Å²) in [6.45, 7) is 0.595. The van der Waals surface area contributed by atoms with Crippen molar-refractivity contribution in [3.05, 3.63) is 29.3 Å². The zero-order valence-electron chi connectivity index (χ0n) is 10.1. The molecular formula is C12H18N2O3. The van der Waals surface area contributed by atoms with E-state index in [0.717, 1.165) is 0 Å². The molecule has 4 N–H and O–H groups in total. The van der Waals surface area contributed by atoms with Gasteiger partial charge in [-0.3, -0.25) is 4.79 Å². The second-order valence-electron chi connectivity index (χ2n) is 4.25. The van der Waals surface area contributed by atoms with Crippen molar-refractivity contribution in [2.45, 2.75) is 12.5 Å². The van der Waals surface area contributed by atoms with Crippen LogP contribution in [0.4, 0.5) is 0 Å². The van der Waals surface area contributed by atoms with Crippen molar-refractivity contribution in [3.63, 3.8) is 0 Å². The Balaban J connectivity index is 3.06. The molecule has 0 radical (unpaired) electrons. The lowest BCUT2D eigenvalue weighted by Crippen LogP contribution is -2.21. The van der Waals surface area contributed by atoms with Gasteiger partial charge in [0.05, 0.1) is 5.92 Å². The molecule has 1 aromatic rings. The smallest absolute Gasteiger partial charge is 0.312 e. The molecule has 94 valence electrons. The van der Waals surface area contributed by atoms with Gasteiger partial charge in [-0.25, -0.2) is 0 Å². The highest BCUT2D eigenvalue weighted by molar-refractivity contribution is 5.76. The fourth-order valence-corrected chi connectivity index (χ4v) is 1.67. The van der Waals surface area contributed by atoms with Crippen LogP contribution < -0.4 is 5.73 Å². The number of benzene rings is 1. The number of carboxylic acids is 1. The van der Waals surface area contributed by atoms with E-state index in [1.165, 1.54) is 6.07 Å². The summed E-state index contributed by atoms with van der Waals surface area (Å²) < 4.78 is 0. The minimum absolute atomic E-state index is 0.0432. The van der Waals surface area contributed by atoms with Gasteiger partial charge in [0.15, 0.2) is 0 Å². The van der Waals surface area contributed by atoms with E-state index >= 15 is 0 Å². The minimum atomic E-state index is -0.950. The second kappa shape index (κ2) is 5.65. The average molecular weight is 238 g/mol. The number of aromatic hydroxyl groups is 1. The zero-order valence-corrected chi connectivity index (χ0v) is 10.1. The van der Waals surface area contributed by atoms with E-state index in [4.69, 9.17) is 10.8 Å². The van der Waals surface area contributed by atoms with Crippen LogP contribution in [-0.2, 0) is 11.3 Å². The summed E-state index contributed by atoms with van der Waals surface area (Å²) in [6, 6.07) is 4.81. The zero-order chi connectivity index (χ0) is 13.0. The number of phenolic OH excluding ortho intramolecular Hbond substituents is 1. The van der Waals surface area contributed by atoms with Gasteiger partial charge < -0.3 is 20.8 Å². The molecule has 1 rings (SSSR count). The monoisotopic (exact) mass is 238 g/mol. The van der Waals surface area contributed by atoms with Crippen LogP contribution in [-0.4, -0.2) is 41.7 Å². The van der Waals surface area contributed by atoms with Gasteiger partial charge in [-0.1, -0.05) is 6.07 Å². The molecule has 5 heteroatoms. The molecular weight excluding hydrogens is 220 g/mol. The number of carboxylic acid groups (broad SMARTS) is 1. The Morgan fingerprint density at radius 3 is 2.59 bits per heavy atom. The van der Waals surface area contributed by atoms with Crippen LogP contribution in [0.25, 0.3) is 0 Å². The van der Waals surface area contributed by atoms with Crippen molar-refractivity contribution in [2.24, 2.45) is 5.73 Å². The lowest BCUT2D eigenvalue weighted by Gasteiger charge is -2.15. The number of aliphatic carboxylic acids is 1. The molecule has 1 unspecified atom stereocenters. The fraction of sp³-hybridized carbons (Fsp3) is 0.417. The van der Waals surface area contributed by atoms with Gasteiger partial charge in [0.2, 0.25) is 0 Å².